The first-order valence-corrected chi connectivity index (χ1v) is 9.76. The van der Waals surface area contributed by atoms with E-state index in [0.717, 1.165) is 42.4 Å². The highest BCUT2D eigenvalue weighted by molar-refractivity contribution is 7.80. The Bertz CT molecular complexity index is 783. The molecular formula is C20H20Cl2FNOS. The molecule has 0 spiro atoms. The second-order valence-corrected chi connectivity index (χ2v) is 7.82. The fraction of sp³-hybridized carbons (Fsp3) is 0.350. The Balaban J connectivity index is 1.74. The molecular weight excluding hydrogens is 392 g/mol. The number of hydrogen-bond acceptors (Lipinski definition) is 2. The van der Waals surface area contributed by atoms with E-state index in [0.29, 0.717) is 21.4 Å². The molecule has 2 nitrogen and oxygen atoms in total. The fourth-order valence-corrected chi connectivity index (χ4v) is 3.88. The van der Waals surface area contributed by atoms with Crippen LogP contribution in [0.1, 0.15) is 30.9 Å². The van der Waals surface area contributed by atoms with Gasteiger partial charge in [-0.2, -0.15) is 0 Å². The molecule has 6 heteroatoms. The van der Waals surface area contributed by atoms with Crippen LogP contribution >= 0.6 is 35.4 Å². The first-order chi connectivity index (χ1) is 12.5. The summed E-state index contributed by atoms with van der Waals surface area (Å²) in [6, 6.07) is 9.98. The second kappa shape index (κ2) is 8.55. The Kier molecular flexibility index (Phi) is 6.38. The van der Waals surface area contributed by atoms with Gasteiger partial charge in [0.05, 0.1) is 10.0 Å². The quantitative estimate of drug-likeness (QED) is 0.562. The van der Waals surface area contributed by atoms with Crippen LogP contribution in [0.2, 0.25) is 10.0 Å². The minimum absolute atomic E-state index is 0.0555. The van der Waals surface area contributed by atoms with E-state index in [1.165, 1.54) is 6.07 Å². The van der Waals surface area contributed by atoms with E-state index in [1.54, 1.807) is 30.3 Å². The number of likely N-dealkylation sites (tertiary alicyclic amines) is 1. The number of ether oxygens (including phenoxy) is 1. The molecule has 0 saturated carbocycles. The van der Waals surface area contributed by atoms with Crippen molar-refractivity contribution in [3.63, 3.8) is 0 Å². The molecule has 3 rings (SSSR count). The van der Waals surface area contributed by atoms with Crippen molar-refractivity contribution in [2.75, 3.05) is 13.1 Å². The number of hydrogen-bond donors (Lipinski definition) is 0. The van der Waals surface area contributed by atoms with Crippen molar-refractivity contribution in [1.29, 1.82) is 0 Å². The SMILES string of the molecule is CC1CCN(C(=S)c2cc(Cl)c(OCc3ccccc3F)c(Cl)c2)CC1. The Morgan fingerprint density at radius 2 is 1.81 bits per heavy atom. The molecule has 26 heavy (non-hydrogen) atoms. The number of thiocarbonyl (C=S) groups is 1. The van der Waals surface area contributed by atoms with Gasteiger partial charge in [-0.3, -0.25) is 0 Å². The minimum atomic E-state index is -0.322. The first-order valence-electron chi connectivity index (χ1n) is 8.60. The smallest absolute Gasteiger partial charge is 0.157 e. The van der Waals surface area contributed by atoms with Crippen molar-refractivity contribution in [2.24, 2.45) is 5.92 Å². The van der Waals surface area contributed by atoms with Gasteiger partial charge in [0, 0.05) is 24.2 Å². The summed E-state index contributed by atoms with van der Waals surface area (Å²) in [5, 5.41) is 0.744. The van der Waals surface area contributed by atoms with Gasteiger partial charge >= 0.3 is 0 Å². The lowest BCUT2D eigenvalue weighted by atomic mass is 9.99. The molecule has 0 atom stereocenters. The van der Waals surface area contributed by atoms with Crippen molar-refractivity contribution in [3.8, 4) is 5.75 Å². The highest BCUT2D eigenvalue weighted by Crippen LogP contribution is 2.35. The average molecular weight is 412 g/mol. The number of piperidine rings is 1. The van der Waals surface area contributed by atoms with Crippen LogP contribution < -0.4 is 4.74 Å². The lowest BCUT2D eigenvalue weighted by Crippen LogP contribution is -2.37. The van der Waals surface area contributed by atoms with Gasteiger partial charge in [0.15, 0.2) is 5.75 Å². The molecule has 1 heterocycles. The van der Waals surface area contributed by atoms with Crippen molar-refractivity contribution < 1.29 is 9.13 Å². The zero-order valence-electron chi connectivity index (χ0n) is 14.5. The van der Waals surface area contributed by atoms with Gasteiger partial charge in [0.25, 0.3) is 0 Å². The zero-order valence-corrected chi connectivity index (χ0v) is 16.8. The molecule has 0 radical (unpaired) electrons. The molecule has 138 valence electrons. The number of rotatable bonds is 4. The number of nitrogens with zero attached hydrogens (tertiary/aromatic N) is 1. The average Bonchev–Trinajstić information content (AvgIpc) is 2.62. The van der Waals surface area contributed by atoms with Gasteiger partial charge in [-0.25, -0.2) is 4.39 Å². The summed E-state index contributed by atoms with van der Waals surface area (Å²) >= 11 is 18.3. The van der Waals surface area contributed by atoms with E-state index < -0.39 is 0 Å². The fourth-order valence-electron chi connectivity index (χ4n) is 2.98. The molecule has 1 aliphatic heterocycles. The summed E-state index contributed by atoms with van der Waals surface area (Å²) < 4.78 is 19.4. The van der Waals surface area contributed by atoms with Crippen LogP contribution in [-0.4, -0.2) is 23.0 Å². The van der Waals surface area contributed by atoms with Crippen LogP contribution in [0.3, 0.4) is 0 Å². The molecule has 0 N–H and O–H groups in total. The molecule has 0 aromatic heterocycles. The Morgan fingerprint density at radius 3 is 2.42 bits per heavy atom. The summed E-state index contributed by atoms with van der Waals surface area (Å²) in [5.74, 6) is 0.752. The van der Waals surface area contributed by atoms with Crippen molar-refractivity contribution in [3.05, 3.63) is 63.4 Å². The topological polar surface area (TPSA) is 12.5 Å². The van der Waals surface area contributed by atoms with Crippen molar-refractivity contribution in [1.82, 2.24) is 4.90 Å². The lowest BCUT2D eigenvalue weighted by Gasteiger charge is -2.32. The molecule has 0 unspecified atom stereocenters. The minimum Gasteiger partial charge on any atom is -0.486 e. The largest absolute Gasteiger partial charge is 0.486 e. The summed E-state index contributed by atoms with van der Waals surface area (Å²) in [4.78, 5) is 2.94. The predicted octanol–water partition coefficient (Wildman–Crippen LogP) is 6.12. The molecule has 1 saturated heterocycles. The normalized spacial score (nSPS) is 15.2. The molecule has 1 aliphatic rings. The van der Waals surface area contributed by atoms with E-state index in [1.807, 2.05) is 0 Å². The van der Waals surface area contributed by atoms with Crippen LogP contribution in [0.25, 0.3) is 0 Å². The summed E-state index contributed by atoms with van der Waals surface area (Å²) in [6.45, 7) is 4.21. The van der Waals surface area contributed by atoms with Gasteiger partial charge in [-0.15, -0.1) is 0 Å². The van der Waals surface area contributed by atoms with Crippen molar-refractivity contribution in [2.45, 2.75) is 26.4 Å². The van der Waals surface area contributed by atoms with E-state index in [9.17, 15) is 4.39 Å². The predicted molar refractivity (Wildman–Crippen MR) is 109 cm³/mol. The highest BCUT2D eigenvalue weighted by Gasteiger charge is 2.21. The Hall–Kier alpha value is -1.36. The van der Waals surface area contributed by atoms with E-state index in [4.69, 9.17) is 40.2 Å². The summed E-state index contributed by atoms with van der Waals surface area (Å²) in [6.07, 6.45) is 2.26. The van der Waals surface area contributed by atoms with Gasteiger partial charge in [0.1, 0.15) is 17.4 Å². The number of halogens is 3. The third kappa shape index (κ3) is 4.48. The maximum Gasteiger partial charge on any atom is 0.157 e. The molecule has 1 fully saturated rings. The van der Waals surface area contributed by atoms with Crippen molar-refractivity contribution >= 4 is 40.4 Å². The molecule has 0 amide bonds. The van der Waals surface area contributed by atoms with Crippen LogP contribution in [0, 0.1) is 11.7 Å². The zero-order chi connectivity index (χ0) is 18.7. The number of benzene rings is 2. The Morgan fingerprint density at radius 1 is 1.19 bits per heavy atom. The van der Waals surface area contributed by atoms with E-state index >= 15 is 0 Å². The maximum absolute atomic E-state index is 13.7. The van der Waals surface area contributed by atoms with E-state index in [-0.39, 0.29) is 12.4 Å². The molecule has 2 aromatic carbocycles. The van der Waals surface area contributed by atoms with Crippen LogP contribution in [0.5, 0.6) is 5.75 Å². The lowest BCUT2D eigenvalue weighted by molar-refractivity contribution is 0.284. The van der Waals surface area contributed by atoms with Gasteiger partial charge in [-0.05, 0) is 37.0 Å². The molecule has 0 bridgehead atoms. The highest BCUT2D eigenvalue weighted by atomic mass is 35.5. The molecule has 0 aliphatic carbocycles. The third-order valence-corrected chi connectivity index (χ3v) is 5.70. The Labute approximate surface area is 168 Å². The van der Waals surface area contributed by atoms with Crippen LogP contribution in [-0.2, 0) is 6.61 Å². The first kappa shape index (κ1) is 19.4. The van der Waals surface area contributed by atoms with E-state index in [2.05, 4.69) is 11.8 Å². The van der Waals surface area contributed by atoms with Gasteiger partial charge in [0.2, 0.25) is 0 Å². The van der Waals surface area contributed by atoms with Crippen LogP contribution in [0.15, 0.2) is 36.4 Å². The molecule has 2 aromatic rings. The third-order valence-electron chi connectivity index (χ3n) is 4.65. The monoisotopic (exact) mass is 411 g/mol. The summed E-state index contributed by atoms with van der Waals surface area (Å²) in [7, 11) is 0. The standard InChI is InChI=1S/C20H20Cl2FNOS/c1-13-6-8-24(9-7-13)20(26)15-10-16(21)19(17(22)11-15)25-12-14-4-2-3-5-18(14)23/h2-5,10-11,13H,6-9,12H2,1H3. The maximum atomic E-state index is 13.7. The summed E-state index contributed by atoms with van der Waals surface area (Å²) in [5.41, 5.74) is 1.25. The van der Waals surface area contributed by atoms with Crippen LogP contribution in [0.4, 0.5) is 4.39 Å². The van der Waals surface area contributed by atoms with Gasteiger partial charge in [-0.1, -0.05) is 60.5 Å². The second-order valence-electron chi connectivity index (χ2n) is 6.62. The van der Waals surface area contributed by atoms with Gasteiger partial charge < -0.3 is 9.64 Å².